The van der Waals surface area contributed by atoms with Crippen molar-refractivity contribution in [3.8, 4) is 0 Å². The minimum absolute atomic E-state index is 0.0502. The average molecular weight is 1100 g/mol. The van der Waals surface area contributed by atoms with E-state index in [1.807, 2.05) is 0 Å². The van der Waals surface area contributed by atoms with E-state index in [1.54, 1.807) is 30.5 Å². The first-order valence-corrected chi connectivity index (χ1v) is 25.1. The minimum atomic E-state index is -1.77. The Morgan fingerprint density at radius 3 is 1.45 bits per heavy atom. The Hall–Kier alpha value is -6.24. The first-order chi connectivity index (χ1) is 34.5. The summed E-state index contributed by atoms with van der Waals surface area (Å²) in [6.07, 6.45) is 0.708. The van der Waals surface area contributed by atoms with E-state index in [0.717, 1.165) is 10.9 Å². The highest BCUT2D eigenvalue weighted by atomic mass is 32.1. The molecular weight excluding hydrogens is 1040 g/mol. The molecular formula is C43H64N12O14S4. The number of benzene rings is 1. The number of unbranched alkanes of at least 4 members (excludes halogenated alkanes) is 1. The predicted octanol–water partition coefficient (Wildman–Crippen LogP) is -4.21. The Labute approximate surface area is 441 Å². The van der Waals surface area contributed by atoms with E-state index in [1.165, 1.54) is 13.8 Å². The maximum absolute atomic E-state index is 13.5. The van der Waals surface area contributed by atoms with Gasteiger partial charge in [-0.15, -0.1) is 0 Å². The maximum Gasteiger partial charge on any atom is 0.305 e. The molecule has 0 fully saturated rings. The van der Waals surface area contributed by atoms with Crippen molar-refractivity contribution < 1.29 is 67.7 Å². The van der Waals surface area contributed by atoms with Gasteiger partial charge in [-0.05, 0) is 50.8 Å². The third kappa shape index (κ3) is 21.4. The van der Waals surface area contributed by atoms with Crippen LogP contribution in [0.2, 0.25) is 0 Å². The molecule has 0 saturated carbocycles. The Bertz CT molecular complexity index is 2310. The van der Waals surface area contributed by atoms with E-state index in [9.17, 15) is 67.7 Å². The number of carbonyl (C=O) groups excluding carboxylic acids is 10. The number of carboxylic acids is 2. The standard InChI is InChI=1S/C43H64N12O14S4/c1-20(36(62)50-26(10-11-33(57)58)37(63)52-31(18-72)42(68)55-30(17-71)41(67)49-25(35(45)61)9-5-6-12-44)47-40(66)29(16-70)54-43(69)32(19-73)53-39(65)28(14-34(59)60)51-38(64)27(48-21(2)56)13-22-15-46-24-8-4-3-7-23(22)24/h3-4,7-8,15,20,25-32,46,70-73H,5-6,9-14,16-19,44H2,1-2H3,(H2,45,61)(H,47,66)(H,48,56)(H,49,67)(H,50,62)(H,51,64)(H,52,63)(H,53,65)(H,54,69)(H,55,68)(H,57,58)(H,59,60)/t20-,25-,26-,27-,28-,29-,30-,31-,32-/m0/s1. The zero-order chi connectivity index (χ0) is 54.9. The number of aromatic amines is 1. The molecule has 2 aromatic rings. The van der Waals surface area contributed by atoms with Crippen LogP contribution in [0.5, 0.6) is 0 Å². The Morgan fingerprint density at radius 1 is 0.548 bits per heavy atom. The Balaban J connectivity index is 2.13. The lowest BCUT2D eigenvalue weighted by molar-refractivity contribution is -0.141. The SMILES string of the molecule is CC(=O)N[C@@H](Cc1c[nH]c2ccccc12)C(=O)N[C@@H](CC(=O)O)C(=O)N[C@@H](CS)C(=O)N[C@@H](CS)C(=O)N[C@@H](C)C(=O)N[C@@H](CCC(=O)O)C(=O)N[C@@H](CS)C(=O)N[C@@H](CS)C(=O)N[C@@H](CCCCN)C(N)=O. The molecule has 0 aliphatic carbocycles. The second-order valence-corrected chi connectivity index (χ2v) is 17.9. The number of para-hydroxylation sites is 1. The quantitative estimate of drug-likeness (QED) is 0.0238. The van der Waals surface area contributed by atoms with Crippen molar-refractivity contribution in [2.75, 3.05) is 29.6 Å². The van der Waals surface area contributed by atoms with Gasteiger partial charge in [0.25, 0.3) is 0 Å². The number of nitrogens with two attached hydrogens (primary N) is 2. The van der Waals surface area contributed by atoms with E-state index in [0.29, 0.717) is 24.9 Å². The normalized spacial score (nSPS) is 14.7. The number of hydrogen-bond acceptors (Lipinski definition) is 17. The predicted molar refractivity (Wildman–Crippen MR) is 277 cm³/mol. The van der Waals surface area contributed by atoms with E-state index in [2.05, 4.69) is 103 Å². The number of primary amides is 1. The second-order valence-electron chi connectivity index (χ2n) is 16.4. The van der Waals surface area contributed by atoms with E-state index in [4.69, 9.17) is 11.5 Å². The maximum atomic E-state index is 13.5. The third-order valence-corrected chi connectivity index (χ3v) is 12.2. The minimum Gasteiger partial charge on any atom is -0.481 e. The molecule has 1 aromatic carbocycles. The first kappa shape index (κ1) is 62.9. The molecule has 2 rings (SSSR count). The fourth-order valence-corrected chi connectivity index (χ4v) is 7.79. The summed E-state index contributed by atoms with van der Waals surface area (Å²) in [4.78, 5) is 157. The lowest BCUT2D eigenvalue weighted by Gasteiger charge is -2.26. The number of aromatic nitrogens is 1. The molecule has 0 bridgehead atoms. The van der Waals surface area contributed by atoms with Gasteiger partial charge >= 0.3 is 11.9 Å². The van der Waals surface area contributed by atoms with Gasteiger partial charge in [0, 0.05) is 59.9 Å². The molecule has 1 heterocycles. The molecule has 404 valence electrons. The van der Waals surface area contributed by atoms with Crippen molar-refractivity contribution in [3.05, 3.63) is 36.0 Å². The number of carbonyl (C=O) groups is 12. The Morgan fingerprint density at radius 2 is 0.986 bits per heavy atom. The second kappa shape index (κ2) is 32.1. The van der Waals surface area contributed by atoms with Gasteiger partial charge in [-0.25, -0.2) is 0 Å². The molecule has 0 radical (unpaired) electrons. The van der Waals surface area contributed by atoms with E-state index < -0.39 is 150 Å². The van der Waals surface area contributed by atoms with E-state index >= 15 is 0 Å². The summed E-state index contributed by atoms with van der Waals surface area (Å²) in [5, 5.41) is 41.0. The zero-order valence-electron chi connectivity index (χ0n) is 39.8. The van der Waals surface area contributed by atoms with Gasteiger partial charge in [0.05, 0.1) is 6.42 Å². The number of H-pyrrole nitrogens is 1. The monoisotopic (exact) mass is 1100 g/mol. The molecule has 16 N–H and O–H groups in total. The first-order valence-electron chi connectivity index (χ1n) is 22.6. The topological polar surface area (TPSA) is 421 Å². The van der Waals surface area contributed by atoms with Gasteiger partial charge in [0.2, 0.25) is 59.1 Å². The van der Waals surface area contributed by atoms with Crippen LogP contribution in [0.25, 0.3) is 10.9 Å². The van der Waals surface area contributed by atoms with Crippen LogP contribution in [0.3, 0.4) is 0 Å². The molecule has 0 aliphatic rings. The van der Waals surface area contributed by atoms with Gasteiger partial charge in [-0.2, -0.15) is 50.5 Å². The summed E-state index contributed by atoms with van der Waals surface area (Å²) in [5.41, 5.74) is 12.3. The molecule has 1 aromatic heterocycles. The smallest absolute Gasteiger partial charge is 0.305 e. The van der Waals surface area contributed by atoms with Crippen molar-refractivity contribution in [2.24, 2.45) is 11.5 Å². The summed E-state index contributed by atoms with van der Waals surface area (Å²) in [6.45, 7) is 2.70. The van der Waals surface area contributed by atoms with Crippen LogP contribution in [0.15, 0.2) is 30.5 Å². The molecule has 0 aliphatic heterocycles. The fraction of sp³-hybridized carbons (Fsp3) is 0.535. The fourth-order valence-electron chi connectivity index (χ4n) is 6.76. The highest BCUT2D eigenvalue weighted by molar-refractivity contribution is 7.80. The lowest BCUT2D eigenvalue weighted by atomic mass is 10.0. The number of nitrogens with one attached hydrogen (secondary N) is 10. The number of hydrogen-bond donors (Lipinski definition) is 18. The average Bonchev–Trinajstić information content (AvgIpc) is 3.75. The molecule has 26 nitrogen and oxygen atoms in total. The van der Waals surface area contributed by atoms with Crippen LogP contribution in [0.1, 0.15) is 57.9 Å². The lowest BCUT2D eigenvalue weighted by Crippen LogP contribution is -2.61. The molecule has 0 saturated heterocycles. The van der Waals surface area contributed by atoms with Crippen LogP contribution in [-0.2, 0) is 64.0 Å². The number of fused-ring (bicyclic) bond motifs is 1. The van der Waals surface area contributed by atoms with Crippen LogP contribution in [-0.4, -0.2) is 170 Å². The van der Waals surface area contributed by atoms with Crippen LogP contribution >= 0.6 is 50.5 Å². The number of aliphatic carboxylic acids is 2. The van der Waals surface area contributed by atoms with Gasteiger partial charge in [-0.3, -0.25) is 57.5 Å². The number of thiol groups is 4. The highest BCUT2D eigenvalue weighted by Crippen LogP contribution is 2.19. The molecule has 0 spiro atoms. The Kier molecular flexibility index (Phi) is 27.6. The summed E-state index contributed by atoms with van der Waals surface area (Å²) in [7, 11) is 0. The van der Waals surface area contributed by atoms with Gasteiger partial charge in [-0.1, -0.05) is 18.2 Å². The van der Waals surface area contributed by atoms with Gasteiger partial charge in [0.15, 0.2) is 0 Å². The number of rotatable bonds is 33. The van der Waals surface area contributed by atoms with Gasteiger partial charge in [0.1, 0.15) is 54.4 Å². The zero-order valence-corrected chi connectivity index (χ0v) is 43.4. The molecule has 10 amide bonds. The van der Waals surface area contributed by atoms with Crippen LogP contribution < -0.4 is 59.3 Å². The largest absolute Gasteiger partial charge is 0.481 e. The highest BCUT2D eigenvalue weighted by Gasteiger charge is 2.35. The van der Waals surface area contributed by atoms with Crippen molar-refractivity contribution in [2.45, 2.75) is 113 Å². The van der Waals surface area contributed by atoms with Crippen molar-refractivity contribution in [3.63, 3.8) is 0 Å². The van der Waals surface area contributed by atoms with Crippen LogP contribution in [0, 0.1) is 0 Å². The molecule has 30 heteroatoms. The van der Waals surface area contributed by atoms with E-state index in [-0.39, 0.29) is 30.1 Å². The molecule has 0 unspecified atom stereocenters. The molecule has 9 atom stereocenters. The summed E-state index contributed by atoms with van der Waals surface area (Å²) < 4.78 is 0. The third-order valence-electron chi connectivity index (χ3n) is 10.7. The molecule has 73 heavy (non-hydrogen) atoms. The number of carboxylic acid groups (broad SMARTS) is 2. The summed E-state index contributed by atoms with van der Waals surface area (Å²) in [6, 6.07) is -5.85. The van der Waals surface area contributed by atoms with Crippen molar-refractivity contribution >= 4 is 132 Å². The summed E-state index contributed by atoms with van der Waals surface area (Å²) in [5.74, 6) is -13.5. The number of amides is 10. The summed E-state index contributed by atoms with van der Waals surface area (Å²) >= 11 is 16.4. The van der Waals surface area contributed by atoms with Crippen molar-refractivity contribution in [1.82, 2.24) is 52.8 Å². The van der Waals surface area contributed by atoms with Crippen molar-refractivity contribution in [1.29, 1.82) is 0 Å². The van der Waals surface area contributed by atoms with Crippen LogP contribution in [0.4, 0.5) is 0 Å². The van der Waals surface area contributed by atoms with Gasteiger partial charge < -0.3 is 74.5 Å².